The third kappa shape index (κ3) is 5.03. The molecule has 1 rings (SSSR count). The summed E-state index contributed by atoms with van der Waals surface area (Å²) in [4.78, 5) is 0. The molecule has 0 saturated heterocycles. The number of rotatable bonds is 7. The zero-order valence-corrected chi connectivity index (χ0v) is 8.90. The molecule has 0 spiro atoms. The summed E-state index contributed by atoms with van der Waals surface area (Å²) >= 11 is 1.76. The highest BCUT2D eigenvalue weighted by atomic mass is 32.1. The molecule has 13 heavy (non-hydrogen) atoms. The topological polar surface area (TPSA) is 21.3 Å². The predicted molar refractivity (Wildman–Crippen MR) is 57.4 cm³/mol. The SMILES string of the molecule is CCOCCNCCc1ccsc1. The van der Waals surface area contributed by atoms with Gasteiger partial charge in [-0.15, -0.1) is 0 Å². The standard InChI is InChI=1S/C10H17NOS/c1-2-12-7-6-11-5-3-10-4-8-13-9-10/h4,8-9,11H,2-3,5-7H2,1H3. The van der Waals surface area contributed by atoms with Crippen molar-refractivity contribution in [2.75, 3.05) is 26.3 Å². The van der Waals surface area contributed by atoms with Gasteiger partial charge in [0.2, 0.25) is 0 Å². The minimum atomic E-state index is 0.812. The highest BCUT2D eigenvalue weighted by Crippen LogP contribution is 2.05. The predicted octanol–water partition coefficient (Wildman–Crippen LogP) is 1.92. The first kappa shape index (κ1) is 10.7. The van der Waals surface area contributed by atoms with E-state index in [1.165, 1.54) is 5.56 Å². The first-order chi connectivity index (χ1) is 6.43. The molecule has 0 radical (unpaired) electrons. The van der Waals surface area contributed by atoms with Gasteiger partial charge in [-0.3, -0.25) is 0 Å². The third-order valence-corrected chi connectivity index (χ3v) is 2.53. The van der Waals surface area contributed by atoms with Gasteiger partial charge in [0.05, 0.1) is 6.61 Å². The summed E-state index contributed by atoms with van der Waals surface area (Å²) < 4.78 is 5.21. The van der Waals surface area contributed by atoms with Crippen LogP contribution in [0, 0.1) is 0 Å². The molecule has 0 saturated carbocycles. The Balaban J connectivity index is 1.90. The molecule has 0 fully saturated rings. The zero-order chi connectivity index (χ0) is 9.36. The Bertz CT molecular complexity index is 199. The smallest absolute Gasteiger partial charge is 0.0590 e. The summed E-state index contributed by atoms with van der Waals surface area (Å²) in [7, 11) is 0. The fraction of sp³-hybridized carbons (Fsp3) is 0.600. The molecule has 0 aliphatic heterocycles. The molecule has 1 N–H and O–H groups in total. The van der Waals surface area contributed by atoms with Crippen LogP contribution in [-0.2, 0) is 11.2 Å². The van der Waals surface area contributed by atoms with Crippen molar-refractivity contribution in [1.82, 2.24) is 5.32 Å². The number of ether oxygens (including phenoxy) is 1. The second-order valence-electron chi connectivity index (χ2n) is 2.83. The van der Waals surface area contributed by atoms with E-state index in [1.54, 1.807) is 11.3 Å². The van der Waals surface area contributed by atoms with Crippen LogP contribution in [0.3, 0.4) is 0 Å². The molecule has 0 bridgehead atoms. The van der Waals surface area contributed by atoms with Crippen LogP contribution in [0.1, 0.15) is 12.5 Å². The third-order valence-electron chi connectivity index (χ3n) is 1.80. The van der Waals surface area contributed by atoms with Gasteiger partial charge >= 0.3 is 0 Å². The maximum atomic E-state index is 5.21. The van der Waals surface area contributed by atoms with Crippen molar-refractivity contribution in [2.24, 2.45) is 0 Å². The molecule has 3 heteroatoms. The molecule has 0 aliphatic carbocycles. The van der Waals surface area contributed by atoms with Crippen LogP contribution in [-0.4, -0.2) is 26.3 Å². The maximum Gasteiger partial charge on any atom is 0.0590 e. The van der Waals surface area contributed by atoms with E-state index >= 15 is 0 Å². The first-order valence-corrected chi connectivity index (χ1v) is 5.67. The van der Waals surface area contributed by atoms with Crippen LogP contribution < -0.4 is 5.32 Å². The van der Waals surface area contributed by atoms with Crippen molar-refractivity contribution >= 4 is 11.3 Å². The van der Waals surface area contributed by atoms with Crippen LogP contribution in [0.4, 0.5) is 0 Å². The van der Waals surface area contributed by atoms with Crippen molar-refractivity contribution in [1.29, 1.82) is 0 Å². The molecule has 0 aliphatic rings. The summed E-state index contributed by atoms with van der Waals surface area (Å²) in [6, 6.07) is 2.18. The summed E-state index contributed by atoms with van der Waals surface area (Å²) in [6.07, 6.45) is 1.12. The molecule has 1 aromatic rings. The van der Waals surface area contributed by atoms with Gasteiger partial charge in [-0.1, -0.05) is 0 Å². The lowest BCUT2D eigenvalue weighted by Crippen LogP contribution is -2.22. The Hall–Kier alpha value is -0.380. The van der Waals surface area contributed by atoms with Crippen LogP contribution >= 0.6 is 11.3 Å². The fourth-order valence-electron chi connectivity index (χ4n) is 1.08. The number of hydrogen-bond donors (Lipinski definition) is 1. The van der Waals surface area contributed by atoms with E-state index in [0.29, 0.717) is 0 Å². The molecule has 1 heterocycles. The molecule has 0 atom stereocenters. The van der Waals surface area contributed by atoms with E-state index in [-0.39, 0.29) is 0 Å². The molecule has 0 unspecified atom stereocenters. The van der Waals surface area contributed by atoms with Crippen LogP contribution in [0.5, 0.6) is 0 Å². The summed E-state index contributed by atoms with van der Waals surface area (Å²) in [5.74, 6) is 0. The largest absolute Gasteiger partial charge is 0.380 e. The second-order valence-corrected chi connectivity index (χ2v) is 3.61. The monoisotopic (exact) mass is 199 g/mol. The summed E-state index contributed by atoms with van der Waals surface area (Å²) in [5, 5.41) is 7.66. The summed E-state index contributed by atoms with van der Waals surface area (Å²) in [6.45, 7) is 5.65. The van der Waals surface area contributed by atoms with E-state index in [2.05, 4.69) is 22.1 Å². The Labute approximate surface area is 83.9 Å². The van der Waals surface area contributed by atoms with Gasteiger partial charge in [-0.25, -0.2) is 0 Å². The minimum Gasteiger partial charge on any atom is -0.380 e. The molecule has 74 valence electrons. The molecule has 0 aromatic carbocycles. The Morgan fingerprint density at radius 3 is 3.08 bits per heavy atom. The Morgan fingerprint density at radius 2 is 2.38 bits per heavy atom. The van der Waals surface area contributed by atoms with Crippen LogP contribution in [0.25, 0.3) is 0 Å². The minimum absolute atomic E-state index is 0.812. The highest BCUT2D eigenvalue weighted by molar-refractivity contribution is 7.07. The first-order valence-electron chi connectivity index (χ1n) is 4.73. The van der Waals surface area contributed by atoms with Crippen LogP contribution in [0.15, 0.2) is 16.8 Å². The van der Waals surface area contributed by atoms with E-state index in [1.807, 2.05) is 6.92 Å². The lowest BCUT2D eigenvalue weighted by Gasteiger charge is -2.03. The maximum absolute atomic E-state index is 5.21. The van der Waals surface area contributed by atoms with Gasteiger partial charge in [-0.05, 0) is 42.3 Å². The van der Waals surface area contributed by atoms with E-state index < -0.39 is 0 Å². The van der Waals surface area contributed by atoms with Crippen LogP contribution in [0.2, 0.25) is 0 Å². The Kier molecular flexibility index (Phi) is 5.81. The molecular weight excluding hydrogens is 182 g/mol. The van der Waals surface area contributed by atoms with Gasteiger partial charge < -0.3 is 10.1 Å². The summed E-state index contributed by atoms with van der Waals surface area (Å²) in [5.41, 5.74) is 1.42. The quantitative estimate of drug-likeness (QED) is 0.677. The molecule has 1 aromatic heterocycles. The number of nitrogens with one attached hydrogen (secondary N) is 1. The van der Waals surface area contributed by atoms with Gasteiger partial charge in [0, 0.05) is 13.2 Å². The van der Waals surface area contributed by atoms with Gasteiger partial charge in [-0.2, -0.15) is 11.3 Å². The van der Waals surface area contributed by atoms with Gasteiger partial charge in [0.25, 0.3) is 0 Å². The van der Waals surface area contributed by atoms with E-state index in [9.17, 15) is 0 Å². The average Bonchev–Trinajstić information content (AvgIpc) is 2.63. The van der Waals surface area contributed by atoms with E-state index in [4.69, 9.17) is 4.74 Å². The second kappa shape index (κ2) is 7.06. The lowest BCUT2D eigenvalue weighted by molar-refractivity contribution is 0.149. The lowest BCUT2D eigenvalue weighted by atomic mass is 10.2. The molecular formula is C10H17NOS. The van der Waals surface area contributed by atoms with E-state index in [0.717, 1.165) is 32.7 Å². The molecule has 2 nitrogen and oxygen atoms in total. The fourth-order valence-corrected chi connectivity index (χ4v) is 1.78. The van der Waals surface area contributed by atoms with Gasteiger partial charge in [0.15, 0.2) is 0 Å². The van der Waals surface area contributed by atoms with Crippen molar-refractivity contribution in [3.05, 3.63) is 22.4 Å². The number of thiophene rings is 1. The number of hydrogen-bond acceptors (Lipinski definition) is 3. The van der Waals surface area contributed by atoms with Gasteiger partial charge in [0.1, 0.15) is 0 Å². The Morgan fingerprint density at radius 1 is 1.46 bits per heavy atom. The van der Waals surface area contributed by atoms with Crippen molar-refractivity contribution in [2.45, 2.75) is 13.3 Å². The van der Waals surface area contributed by atoms with Crippen molar-refractivity contribution < 1.29 is 4.74 Å². The van der Waals surface area contributed by atoms with Crippen molar-refractivity contribution in [3.63, 3.8) is 0 Å². The van der Waals surface area contributed by atoms with Crippen molar-refractivity contribution in [3.8, 4) is 0 Å². The average molecular weight is 199 g/mol. The zero-order valence-electron chi connectivity index (χ0n) is 8.08. The highest BCUT2D eigenvalue weighted by Gasteiger charge is 1.92. The normalized spacial score (nSPS) is 10.5. The molecule has 0 amide bonds.